The molecule has 10 heteroatoms. The maximum atomic E-state index is 12.4. The number of sulfonamides is 1. The zero-order chi connectivity index (χ0) is 15.8. The third kappa shape index (κ3) is 3.61. The van der Waals surface area contributed by atoms with E-state index >= 15 is 0 Å². The summed E-state index contributed by atoms with van der Waals surface area (Å²) < 4.78 is 30.8. The second-order valence-corrected chi connectivity index (χ2v) is 8.36. The van der Waals surface area contributed by atoms with Crippen LogP contribution in [-0.2, 0) is 16.6 Å². The standard InChI is InChI=1S/C11H11Br3N4O2S/c1-2-18-5-9(11(15)16-18)21(19,20)17-10-7(13)3-6(12)4-8(10)14/h3-5,17H,2H2,1H3,(H2,15,16). The quantitative estimate of drug-likeness (QED) is 0.668. The van der Waals surface area contributed by atoms with Crippen molar-refractivity contribution in [2.45, 2.75) is 18.4 Å². The Bertz CT molecular complexity index is 766. The minimum absolute atomic E-state index is 0.0336. The van der Waals surface area contributed by atoms with Crippen LogP contribution in [0.3, 0.4) is 0 Å². The number of aryl methyl sites for hydroxylation is 1. The Morgan fingerprint density at radius 2 is 1.86 bits per heavy atom. The summed E-state index contributed by atoms with van der Waals surface area (Å²) in [5.41, 5.74) is 6.07. The second kappa shape index (κ2) is 6.27. The van der Waals surface area contributed by atoms with Crippen LogP contribution >= 0.6 is 47.8 Å². The SMILES string of the molecule is CCn1cc(S(=O)(=O)Nc2c(Br)cc(Br)cc2Br)c(N)n1. The Labute approximate surface area is 147 Å². The molecule has 21 heavy (non-hydrogen) atoms. The van der Waals surface area contributed by atoms with E-state index in [2.05, 4.69) is 57.6 Å². The van der Waals surface area contributed by atoms with Crippen LogP contribution in [0.1, 0.15) is 6.92 Å². The Kier molecular flexibility index (Phi) is 5.01. The molecule has 0 aliphatic heterocycles. The van der Waals surface area contributed by atoms with Gasteiger partial charge in [-0.15, -0.1) is 0 Å². The van der Waals surface area contributed by atoms with Gasteiger partial charge in [-0.25, -0.2) is 8.42 Å². The molecule has 0 unspecified atom stereocenters. The van der Waals surface area contributed by atoms with Crippen LogP contribution in [0.15, 0.2) is 36.6 Å². The third-order valence-corrected chi connectivity index (χ3v) is 5.69. The van der Waals surface area contributed by atoms with Crippen LogP contribution in [-0.4, -0.2) is 18.2 Å². The fourth-order valence-electron chi connectivity index (χ4n) is 1.62. The molecule has 3 N–H and O–H groups in total. The zero-order valence-electron chi connectivity index (χ0n) is 10.8. The first-order valence-electron chi connectivity index (χ1n) is 5.75. The number of nitrogens with one attached hydrogen (secondary N) is 1. The van der Waals surface area contributed by atoms with E-state index in [9.17, 15) is 8.42 Å². The van der Waals surface area contributed by atoms with Gasteiger partial charge < -0.3 is 5.73 Å². The molecule has 0 aliphatic rings. The van der Waals surface area contributed by atoms with Crippen LogP contribution < -0.4 is 10.5 Å². The molecule has 0 saturated heterocycles. The van der Waals surface area contributed by atoms with E-state index in [4.69, 9.17) is 5.73 Å². The van der Waals surface area contributed by atoms with Gasteiger partial charge in [0.2, 0.25) is 0 Å². The molecule has 2 rings (SSSR count). The molecular formula is C11H11Br3N4O2S. The number of rotatable bonds is 4. The molecule has 114 valence electrons. The Balaban J connectivity index is 2.44. The van der Waals surface area contributed by atoms with Crippen LogP contribution in [0.4, 0.5) is 11.5 Å². The average Bonchev–Trinajstić information content (AvgIpc) is 2.76. The summed E-state index contributed by atoms with van der Waals surface area (Å²) in [4.78, 5) is -0.0499. The molecule has 0 bridgehead atoms. The smallest absolute Gasteiger partial charge is 0.267 e. The zero-order valence-corrected chi connectivity index (χ0v) is 16.3. The first-order valence-corrected chi connectivity index (χ1v) is 9.61. The number of benzene rings is 1. The lowest BCUT2D eigenvalue weighted by Crippen LogP contribution is -2.14. The fourth-order valence-corrected chi connectivity index (χ4v) is 5.51. The average molecular weight is 503 g/mol. The molecule has 1 aromatic carbocycles. The van der Waals surface area contributed by atoms with E-state index in [1.807, 2.05) is 6.92 Å². The summed E-state index contributed by atoms with van der Waals surface area (Å²) in [6.45, 7) is 2.38. The summed E-state index contributed by atoms with van der Waals surface area (Å²) in [6.07, 6.45) is 1.40. The maximum absolute atomic E-state index is 12.4. The van der Waals surface area contributed by atoms with Crippen molar-refractivity contribution in [2.24, 2.45) is 0 Å². The van der Waals surface area contributed by atoms with E-state index < -0.39 is 10.0 Å². The molecule has 0 spiro atoms. The number of nitrogen functional groups attached to an aromatic ring is 1. The molecule has 1 aromatic heterocycles. The number of hydrogen-bond acceptors (Lipinski definition) is 4. The molecule has 0 radical (unpaired) electrons. The Morgan fingerprint density at radius 1 is 1.29 bits per heavy atom. The molecule has 0 aliphatic carbocycles. The number of aromatic nitrogens is 2. The maximum Gasteiger partial charge on any atom is 0.267 e. The van der Waals surface area contributed by atoms with E-state index in [0.717, 1.165) is 4.47 Å². The molecular weight excluding hydrogens is 492 g/mol. The van der Waals surface area contributed by atoms with E-state index in [1.54, 1.807) is 12.1 Å². The molecule has 2 aromatic rings. The highest BCUT2D eigenvalue weighted by atomic mass is 79.9. The van der Waals surface area contributed by atoms with Gasteiger partial charge in [0, 0.05) is 26.2 Å². The minimum Gasteiger partial charge on any atom is -0.381 e. The Hall–Kier alpha value is -0.580. The summed E-state index contributed by atoms with van der Waals surface area (Å²) in [5, 5.41) is 3.94. The van der Waals surface area contributed by atoms with Crippen molar-refractivity contribution in [1.82, 2.24) is 9.78 Å². The van der Waals surface area contributed by atoms with Crippen molar-refractivity contribution in [3.63, 3.8) is 0 Å². The highest BCUT2D eigenvalue weighted by Crippen LogP contribution is 2.36. The van der Waals surface area contributed by atoms with Crippen molar-refractivity contribution in [2.75, 3.05) is 10.5 Å². The minimum atomic E-state index is -3.82. The molecule has 0 atom stereocenters. The second-order valence-electron chi connectivity index (χ2n) is 4.08. The summed E-state index contributed by atoms with van der Waals surface area (Å²) in [6, 6.07) is 3.48. The highest BCUT2D eigenvalue weighted by molar-refractivity contribution is 9.11. The molecule has 0 saturated carbocycles. The fraction of sp³-hybridized carbons (Fsp3) is 0.182. The van der Waals surface area contributed by atoms with Crippen LogP contribution in [0.5, 0.6) is 0 Å². The van der Waals surface area contributed by atoms with Gasteiger partial charge in [-0.1, -0.05) is 15.9 Å². The van der Waals surface area contributed by atoms with Crippen LogP contribution in [0.25, 0.3) is 0 Å². The van der Waals surface area contributed by atoms with Crippen molar-refractivity contribution < 1.29 is 8.42 Å². The first kappa shape index (κ1) is 16.8. The lowest BCUT2D eigenvalue weighted by Gasteiger charge is -2.11. The summed E-state index contributed by atoms with van der Waals surface area (Å²) in [7, 11) is -3.82. The van der Waals surface area contributed by atoms with Crippen LogP contribution in [0.2, 0.25) is 0 Å². The van der Waals surface area contributed by atoms with Gasteiger partial charge in [0.05, 0.1) is 5.69 Å². The molecule has 1 heterocycles. The summed E-state index contributed by atoms with van der Waals surface area (Å²) in [5.74, 6) is -0.0336. The number of hydrogen-bond donors (Lipinski definition) is 2. The van der Waals surface area contributed by atoms with Crippen molar-refractivity contribution in [3.8, 4) is 0 Å². The molecule has 6 nitrogen and oxygen atoms in total. The monoisotopic (exact) mass is 500 g/mol. The number of halogens is 3. The topological polar surface area (TPSA) is 90.0 Å². The van der Waals surface area contributed by atoms with Gasteiger partial charge in [-0.2, -0.15) is 5.10 Å². The largest absolute Gasteiger partial charge is 0.381 e. The lowest BCUT2D eigenvalue weighted by molar-refractivity contribution is 0.600. The number of nitrogens with zero attached hydrogens (tertiary/aromatic N) is 2. The van der Waals surface area contributed by atoms with Crippen molar-refractivity contribution in [1.29, 1.82) is 0 Å². The molecule has 0 amide bonds. The van der Waals surface area contributed by atoms with E-state index in [1.165, 1.54) is 10.9 Å². The lowest BCUT2D eigenvalue weighted by atomic mass is 10.3. The van der Waals surface area contributed by atoms with Gasteiger partial charge in [-0.05, 0) is 50.9 Å². The Morgan fingerprint density at radius 3 is 2.33 bits per heavy atom. The van der Waals surface area contributed by atoms with Gasteiger partial charge >= 0.3 is 0 Å². The number of anilines is 2. The predicted molar refractivity (Wildman–Crippen MR) is 92.7 cm³/mol. The predicted octanol–water partition coefficient (Wildman–Crippen LogP) is 3.57. The normalized spacial score (nSPS) is 11.6. The van der Waals surface area contributed by atoms with Gasteiger partial charge in [-0.3, -0.25) is 9.40 Å². The molecule has 0 fully saturated rings. The van der Waals surface area contributed by atoms with Gasteiger partial charge in [0.15, 0.2) is 5.82 Å². The van der Waals surface area contributed by atoms with Gasteiger partial charge in [0.25, 0.3) is 10.0 Å². The third-order valence-electron chi connectivity index (χ3n) is 2.61. The summed E-state index contributed by atoms with van der Waals surface area (Å²) >= 11 is 9.97. The van der Waals surface area contributed by atoms with Crippen molar-refractivity contribution in [3.05, 3.63) is 31.7 Å². The van der Waals surface area contributed by atoms with E-state index in [0.29, 0.717) is 21.2 Å². The van der Waals surface area contributed by atoms with E-state index in [-0.39, 0.29) is 10.7 Å². The van der Waals surface area contributed by atoms with Crippen molar-refractivity contribution >= 4 is 69.3 Å². The highest BCUT2D eigenvalue weighted by Gasteiger charge is 2.23. The first-order chi connectivity index (χ1) is 9.74. The number of nitrogens with two attached hydrogens (primary N) is 1. The van der Waals surface area contributed by atoms with Crippen LogP contribution in [0, 0.1) is 0 Å². The van der Waals surface area contributed by atoms with Gasteiger partial charge in [0.1, 0.15) is 4.90 Å².